The molecular formula is C10H16N4S. The van der Waals surface area contributed by atoms with Crippen LogP contribution in [0.25, 0.3) is 0 Å². The van der Waals surface area contributed by atoms with E-state index >= 15 is 0 Å². The van der Waals surface area contributed by atoms with Gasteiger partial charge in [0.05, 0.1) is 0 Å². The fourth-order valence-corrected chi connectivity index (χ4v) is 2.32. The van der Waals surface area contributed by atoms with Gasteiger partial charge in [-0.2, -0.15) is 0 Å². The summed E-state index contributed by atoms with van der Waals surface area (Å²) in [4.78, 5) is 11.0. The van der Waals surface area contributed by atoms with Crippen LogP contribution in [-0.2, 0) is 0 Å². The second kappa shape index (κ2) is 4.81. The lowest BCUT2D eigenvalue weighted by Crippen LogP contribution is -2.35. The average molecular weight is 224 g/mol. The fourth-order valence-electron chi connectivity index (χ4n) is 1.97. The molecule has 0 radical (unpaired) electrons. The van der Waals surface area contributed by atoms with Gasteiger partial charge < -0.3 is 10.6 Å². The van der Waals surface area contributed by atoms with Gasteiger partial charge in [0, 0.05) is 25.3 Å². The summed E-state index contributed by atoms with van der Waals surface area (Å²) in [6.07, 6.45) is 6.19. The Bertz CT molecular complexity index is 331. The van der Waals surface area contributed by atoms with E-state index in [0.717, 1.165) is 17.5 Å². The van der Waals surface area contributed by atoms with Crippen LogP contribution < -0.4 is 10.6 Å². The van der Waals surface area contributed by atoms with E-state index in [1.165, 1.54) is 12.8 Å². The summed E-state index contributed by atoms with van der Waals surface area (Å²) >= 11 is 1.57. The third-order valence-electron chi connectivity index (χ3n) is 2.74. The molecule has 2 rings (SSSR count). The van der Waals surface area contributed by atoms with Gasteiger partial charge in [-0.15, -0.1) is 0 Å². The normalized spacial score (nSPS) is 20.9. The number of nitrogens with two attached hydrogens (primary N) is 1. The molecule has 0 unspecified atom stereocenters. The van der Waals surface area contributed by atoms with E-state index in [-0.39, 0.29) is 0 Å². The maximum absolute atomic E-state index is 5.74. The van der Waals surface area contributed by atoms with E-state index in [0.29, 0.717) is 12.6 Å². The molecule has 1 atom stereocenters. The molecule has 0 bridgehead atoms. The average Bonchev–Trinajstić information content (AvgIpc) is 2.77. The number of hydrogen-bond acceptors (Lipinski definition) is 5. The van der Waals surface area contributed by atoms with Crippen LogP contribution in [0.5, 0.6) is 0 Å². The van der Waals surface area contributed by atoms with Crippen molar-refractivity contribution in [1.82, 2.24) is 9.97 Å². The van der Waals surface area contributed by atoms with Gasteiger partial charge in [0.1, 0.15) is 5.82 Å². The number of thioether (sulfide) groups is 1. The molecule has 1 aromatic rings. The second-order valence-corrected chi connectivity index (χ2v) is 4.40. The Hall–Kier alpha value is -0.810. The Morgan fingerprint density at radius 2 is 2.53 bits per heavy atom. The lowest BCUT2D eigenvalue weighted by molar-refractivity contribution is 0.667. The minimum Gasteiger partial charge on any atom is -0.352 e. The van der Waals surface area contributed by atoms with Crippen molar-refractivity contribution >= 4 is 17.6 Å². The number of hydrogen-bond donors (Lipinski definition) is 1. The van der Waals surface area contributed by atoms with E-state index in [9.17, 15) is 0 Å². The van der Waals surface area contributed by atoms with E-state index in [4.69, 9.17) is 5.73 Å². The summed E-state index contributed by atoms with van der Waals surface area (Å²) in [5, 5.41) is 0.829. The van der Waals surface area contributed by atoms with Crippen LogP contribution in [-0.4, -0.2) is 35.4 Å². The van der Waals surface area contributed by atoms with Gasteiger partial charge in [-0.05, 0) is 25.2 Å². The molecule has 1 aliphatic rings. The first-order valence-electron chi connectivity index (χ1n) is 5.19. The Morgan fingerprint density at radius 1 is 1.67 bits per heavy atom. The first-order valence-corrected chi connectivity index (χ1v) is 6.41. The summed E-state index contributed by atoms with van der Waals surface area (Å²) in [6, 6.07) is 2.42. The van der Waals surface area contributed by atoms with Gasteiger partial charge in [0.25, 0.3) is 0 Å². The summed E-state index contributed by atoms with van der Waals surface area (Å²) in [6.45, 7) is 1.77. The van der Waals surface area contributed by atoms with E-state index < -0.39 is 0 Å². The summed E-state index contributed by atoms with van der Waals surface area (Å²) in [5.74, 6) is 1.02. The highest BCUT2D eigenvalue weighted by atomic mass is 32.2. The van der Waals surface area contributed by atoms with Crippen molar-refractivity contribution in [2.45, 2.75) is 24.0 Å². The zero-order chi connectivity index (χ0) is 10.7. The van der Waals surface area contributed by atoms with Gasteiger partial charge in [-0.3, -0.25) is 0 Å². The van der Waals surface area contributed by atoms with Crippen LogP contribution in [0.4, 0.5) is 5.82 Å². The molecule has 0 spiro atoms. The molecular weight excluding hydrogens is 208 g/mol. The SMILES string of the molecule is CSc1nccc(N2CCC[C@@H]2CN)n1. The molecule has 82 valence electrons. The second-order valence-electron chi connectivity index (χ2n) is 3.63. The molecule has 15 heavy (non-hydrogen) atoms. The van der Waals surface area contributed by atoms with Crippen molar-refractivity contribution in [1.29, 1.82) is 0 Å². The molecule has 1 aliphatic heterocycles. The number of nitrogens with zero attached hydrogens (tertiary/aromatic N) is 3. The van der Waals surface area contributed by atoms with Crippen molar-refractivity contribution in [2.24, 2.45) is 5.73 Å². The Kier molecular flexibility index (Phi) is 3.43. The summed E-state index contributed by atoms with van der Waals surface area (Å²) in [5.41, 5.74) is 5.74. The van der Waals surface area contributed by atoms with Crippen LogP contribution >= 0.6 is 11.8 Å². The quantitative estimate of drug-likeness (QED) is 0.616. The van der Waals surface area contributed by atoms with Gasteiger partial charge in [0.2, 0.25) is 0 Å². The standard InChI is InChI=1S/C10H16N4S/c1-15-10-12-5-4-9(13-10)14-6-2-3-8(14)7-11/h4-5,8H,2-3,6-7,11H2,1H3/t8-/m1/s1. The van der Waals surface area contributed by atoms with Gasteiger partial charge in [0.15, 0.2) is 5.16 Å². The minimum atomic E-state index is 0.453. The summed E-state index contributed by atoms with van der Waals surface area (Å²) in [7, 11) is 0. The first-order chi connectivity index (χ1) is 7.35. The number of aromatic nitrogens is 2. The number of rotatable bonds is 3. The van der Waals surface area contributed by atoms with E-state index in [1.54, 1.807) is 11.8 Å². The molecule has 1 aromatic heterocycles. The molecule has 1 fully saturated rings. The van der Waals surface area contributed by atoms with Crippen molar-refractivity contribution in [3.8, 4) is 0 Å². The van der Waals surface area contributed by atoms with Crippen molar-refractivity contribution in [2.75, 3.05) is 24.2 Å². The van der Waals surface area contributed by atoms with E-state index in [1.807, 2.05) is 18.5 Å². The molecule has 0 aliphatic carbocycles. The number of anilines is 1. The largest absolute Gasteiger partial charge is 0.352 e. The Balaban J connectivity index is 2.20. The smallest absolute Gasteiger partial charge is 0.189 e. The van der Waals surface area contributed by atoms with E-state index in [2.05, 4.69) is 14.9 Å². The molecule has 0 saturated carbocycles. The maximum atomic E-state index is 5.74. The van der Waals surface area contributed by atoms with Crippen molar-refractivity contribution < 1.29 is 0 Å². The maximum Gasteiger partial charge on any atom is 0.189 e. The zero-order valence-electron chi connectivity index (χ0n) is 8.89. The van der Waals surface area contributed by atoms with Gasteiger partial charge >= 0.3 is 0 Å². The molecule has 5 heteroatoms. The van der Waals surface area contributed by atoms with Crippen molar-refractivity contribution in [3.63, 3.8) is 0 Å². The highest BCUT2D eigenvalue weighted by Crippen LogP contribution is 2.23. The minimum absolute atomic E-state index is 0.453. The third kappa shape index (κ3) is 2.23. The Morgan fingerprint density at radius 3 is 3.27 bits per heavy atom. The highest BCUT2D eigenvalue weighted by molar-refractivity contribution is 7.98. The molecule has 0 aromatic carbocycles. The predicted molar refractivity (Wildman–Crippen MR) is 63.2 cm³/mol. The fraction of sp³-hybridized carbons (Fsp3) is 0.600. The van der Waals surface area contributed by atoms with Crippen LogP contribution in [0, 0.1) is 0 Å². The lowest BCUT2D eigenvalue weighted by Gasteiger charge is -2.24. The van der Waals surface area contributed by atoms with Gasteiger partial charge in [-0.25, -0.2) is 9.97 Å². The van der Waals surface area contributed by atoms with Crippen LogP contribution in [0.1, 0.15) is 12.8 Å². The Labute approximate surface area is 94.3 Å². The molecule has 0 amide bonds. The lowest BCUT2D eigenvalue weighted by atomic mass is 10.2. The monoisotopic (exact) mass is 224 g/mol. The molecule has 2 heterocycles. The molecule has 2 N–H and O–H groups in total. The molecule has 4 nitrogen and oxygen atoms in total. The van der Waals surface area contributed by atoms with Crippen LogP contribution in [0.15, 0.2) is 17.4 Å². The zero-order valence-corrected chi connectivity index (χ0v) is 9.70. The first kappa shape index (κ1) is 10.7. The topological polar surface area (TPSA) is 55.0 Å². The molecule has 1 saturated heterocycles. The van der Waals surface area contributed by atoms with Crippen molar-refractivity contribution in [3.05, 3.63) is 12.3 Å². The summed E-state index contributed by atoms with van der Waals surface area (Å²) < 4.78 is 0. The third-order valence-corrected chi connectivity index (χ3v) is 3.31. The van der Waals surface area contributed by atoms with Crippen LogP contribution in [0.2, 0.25) is 0 Å². The van der Waals surface area contributed by atoms with Crippen LogP contribution in [0.3, 0.4) is 0 Å². The van der Waals surface area contributed by atoms with Gasteiger partial charge in [-0.1, -0.05) is 11.8 Å². The highest BCUT2D eigenvalue weighted by Gasteiger charge is 2.24. The predicted octanol–water partition coefficient (Wildman–Crippen LogP) is 1.13.